The first-order valence-corrected chi connectivity index (χ1v) is 3.88. The van der Waals surface area contributed by atoms with Gasteiger partial charge in [-0.15, -0.1) is 0 Å². The van der Waals surface area contributed by atoms with Crippen LogP contribution in [0.2, 0.25) is 0 Å². The molecule has 1 atom stereocenters. The van der Waals surface area contributed by atoms with E-state index in [0.29, 0.717) is 5.82 Å². The Morgan fingerprint density at radius 2 is 2.46 bits per heavy atom. The van der Waals surface area contributed by atoms with E-state index in [1.165, 1.54) is 12.3 Å². The Morgan fingerprint density at radius 3 is 3.00 bits per heavy atom. The van der Waals surface area contributed by atoms with Gasteiger partial charge in [0.15, 0.2) is 0 Å². The van der Waals surface area contributed by atoms with Crippen molar-refractivity contribution < 1.29 is 9.90 Å². The molecule has 0 aliphatic carbocycles. The summed E-state index contributed by atoms with van der Waals surface area (Å²) < 4.78 is 0. The number of rotatable bonds is 3. The monoisotopic (exact) mass is 181 g/mol. The molecule has 1 aromatic rings. The average molecular weight is 181 g/mol. The predicted octanol–water partition coefficient (Wildman–Crippen LogP) is -0.329. The molecule has 1 amide bonds. The van der Waals surface area contributed by atoms with Gasteiger partial charge in [-0.3, -0.25) is 4.79 Å². The summed E-state index contributed by atoms with van der Waals surface area (Å²) in [6.07, 6.45) is 1.45. The molecule has 5 heteroatoms. The molecule has 0 bridgehead atoms. The highest BCUT2D eigenvalue weighted by atomic mass is 16.3. The van der Waals surface area contributed by atoms with Gasteiger partial charge in [0.1, 0.15) is 11.5 Å². The molecule has 0 radical (unpaired) electrons. The van der Waals surface area contributed by atoms with Crippen molar-refractivity contribution in [3.8, 4) is 0 Å². The van der Waals surface area contributed by atoms with E-state index in [9.17, 15) is 4.79 Å². The van der Waals surface area contributed by atoms with Crippen molar-refractivity contribution in [1.82, 2.24) is 9.97 Å². The van der Waals surface area contributed by atoms with E-state index in [-0.39, 0.29) is 18.2 Å². The lowest BCUT2D eigenvalue weighted by Gasteiger charge is -2.05. The summed E-state index contributed by atoms with van der Waals surface area (Å²) in [6.45, 7) is 1.71. The second-order valence-electron chi connectivity index (χ2n) is 2.75. The van der Waals surface area contributed by atoms with Gasteiger partial charge in [-0.25, -0.2) is 9.97 Å². The van der Waals surface area contributed by atoms with Crippen LogP contribution in [0.15, 0.2) is 12.3 Å². The van der Waals surface area contributed by atoms with Crippen molar-refractivity contribution in [2.45, 2.75) is 12.8 Å². The van der Waals surface area contributed by atoms with Gasteiger partial charge < -0.3 is 10.8 Å². The molecule has 0 aliphatic rings. The molecule has 5 nitrogen and oxygen atoms in total. The van der Waals surface area contributed by atoms with Gasteiger partial charge >= 0.3 is 0 Å². The lowest BCUT2D eigenvalue weighted by Crippen LogP contribution is -2.15. The van der Waals surface area contributed by atoms with E-state index < -0.39 is 5.91 Å². The second kappa shape index (κ2) is 3.95. The molecule has 0 spiro atoms. The maximum atomic E-state index is 10.7. The van der Waals surface area contributed by atoms with Crippen LogP contribution in [0, 0.1) is 0 Å². The number of primary amides is 1. The third-order valence-corrected chi connectivity index (χ3v) is 1.64. The number of aromatic nitrogens is 2. The highest BCUT2D eigenvalue weighted by Gasteiger charge is 2.09. The summed E-state index contributed by atoms with van der Waals surface area (Å²) >= 11 is 0. The van der Waals surface area contributed by atoms with Crippen LogP contribution in [0.5, 0.6) is 0 Å². The first-order valence-electron chi connectivity index (χ1n) is 3.88. The Kier molecular flexibility index (Phi) is 2.92. The smallest absolute Gasteiger partial charge is 0.267 e. The van der Waals surface area contributed by atoms with Crippen molar-refractivity contribution in [1.29, 1.82) is 0 Å². The molecule has 0 saturated heterocycles. The summed E-state index contributed by atoms with van der Waals surface area (Å²) in [5, 5.41) is 8.82. The van der Waals surface area contributed by atoms with Crippen LogP contribution < -0.4 is 5.73 Å². The Labute approximate surface area is 75.6 Å². The largest absolute Gasteiger partial charge is 0.396 e. The maximum absolute atomic E-state index is 10.7. The molecule has 13 heavy (non-hydrogen) atoms. The minimum absolute atomic E-state index is 0.0534. The SMILES string of the molecule is C[C@@H](CO)c1nccc(C(N)=O)n1. The molecule has 3 N–H and O–H groups in total. The number of carbonyl (C=O) groups excluding carboxylic acids is 1. The molecule has 1 aromatic heterocycles. The first kappa shape index (κ1) is 9.60. The molecule has 70 valence electrons. The average Bonchev–Trinajstić information content (AvgIpc) is 2.17. The van der Waals surface area contributed by atoms with E-state index >= 15 is 0 Å². The fourth-order valence-corrected chi connectivity index (χ4v) is 0.830. The minimum Gasteiger partial charge on any atom is -0.396 e. The summed E-state index contributed by atoms with van der Waals surface area (Å²) in [4.78, 5) is 18.5. The summed E-state index contributed by atoms with van der Waals surface area (Å²) in [7, 11) is 0. The highest BCUT2D eigenvalue weighted by molar-refractivity contribution is 5.90. The number of amides is 1. The number of hydrogen-bond acceptors (Lipinski definition) is 4. The van der Waals surface area contributed by atoms with Crippen LogP contribution in [0.3, 0.4) is 0 Å². The number of aliphatic hydroxyl groups is 1. The zero-order valence-electron chi connectivity index (χ0n) is 7.27. The zero-order valence-corrected chi connectivity index (χ0v) is 7.27. The Bertz CT molecular complexity index is 314. The molecule has 0 aliphatic heterocycles. The van der Waals surface area contributed by atoms with Crippen LogP contribution in [0.1, 0.15) is 29.2 Å². The number of nitrogens with zero attached hydrogens (tertiary/aromatic N) is 2. The van der Waals surface area contributed by atoms with Crippen molar-refractivity contribution >= 4 is 5.91 Å². The minimum atomic E-state index is -0.589. The van der Waals surface area contributed by atoms with Crippen LogP contribution in [-0.2, 0) is 0 Å². The fraction of sp³-hybridized carbons (Fsp3) is 0.375. The van der Waals surface area contributed by atoms with Gasteiger partial charge in [0, 0.05) is 12.1 Å². The molecule has 0 unspecified atom stereocenters. The number of carbonyl (C=O) groups is 1. The van der Waals surface area contributed by atoms with Crippen molar-refractivity contribution in [3.63, 3.8) is 0 Å². The number of nitrogens with two attached hydrogens (primary N) is 1. The third kappa shape index (κ3) is 2.22. The molecule has 0 aromatic carbocycles. The molecule has 1 heterocycles. The Hall–Kier alpha value is -1.49. The predicted molar refractivity (Wildman–Crippen MR) is 46.1 cm³/mol. The molecule has 0 fully saturated rings. The van der Waals surface area contributed by atoms with Gasteiger partial charge in [-0.2, -0.15) is 0 Å². The fourth-order valence-electron chi connectivity index (χ4n) is 0.830. The normalized spacial score (nSPS) is 12.5. The summed E-state index contributed by atoms with van der Waals surface area (Å²) in [5.41, 5.74) is 5.20. The highest BCUT2D eigenvalue weighted by Crippen LogP contribution is 2.08. The van der Waals surface area contributed by atoms with Gasteiger partial charge in [0.25, 0.3) is 5.91 Å². The van der Waals surface area contributed by atoms with Crippen LogP contribution in [0.4, 0.5) is 0 Å². The lowest BCUT2D eigenvalue weighted by molar-refractivity contribution is 0.0995. The first-order chi connectivity index (χ1) is 6.15. The maximum Gasteiger partial charge on any atom is 0.267 e. The third-order valence-electron chi connectivity index (χ3n) is 1.64. The quantitative estimate of drug-likeness (QED) is 0.668. The Balaban J connectivity index is 2.98. The zero-order chi connectivity index (χ0) is 9.84. The van der Waals surface area contributed by atoms with Crippen molar-refractivity contribution in [2.75, 3.05) is 6.61 Å². The number of hydrogen-bond donors (Lipinski definition) is 2. The molecule has 0 saturated carbocycles. The van der Waals surface area contributed by atoms with Crippen LogP contribution >= 0.6 is 0 Å². The van der Waals surface area contributed by atoms with Crippen molar-refractivity contribution in [3.05, 3.63) is 23.8 Å². The molecule has 1 rings (SSSR count). The van der Waals surface area contributed by atoms with Crippen molar-refractivity contribution in [2.24, 2.45) is 5.73 Å². The summed E-state index contributed by atoms with van der Waals surface area (Å²) in [5.74, 6) is -0.341. The van der Waals surface area contributed by atoms with Gasteiger partial charge in [0.05, 0.1) is 6.61 Å². The van der Waals surface area contributed by atoms with E-state index in [2.05, 4.69) is 9.97 Å². The van der Waals surface area contributed by atoms with E-state index in [1.54, 1.807) is 6.92 Å². The Morgan fingerprint density at radius 1 is 1.77 bits per heavy atom. The standard InChI is InChI=1S/C8H11N3O2/c1-5(4-12)8-10-3-2-6(11-8)7(9)13/h2-3,5,12H,4H2,1H3,(H2,9,13)/t5-/m0/s1. The van der Waals surface area contributed by atoms with Gasteiger partial charge in [-0.05, 0) is 6.07 Å². The van der Waals surface area contributed by atoms with Gasteiger partial charge in [-0.1, -0.05) is 6.92 Å². The molecular formula is C8H11N3O2. The molecular weight excluding hydrogens is 170 g/mol. The van der Waals surface area contributed by atoms with Gasteiger partial charge in [0.2, 0.25) is 0 Å². The lowest BCUT2D eigenvalue weighted by atomic mass is 10.2. The van der Waals surface area contributed by atoms with Crippen LogP contribution in [0.25, 0.3) is 0 Å². The topological polar surface area (TPSA) is 89.1 Å². The van der Waals surface area contributed by atoms with Crippen LogP contribution in [-0.4, -0.2) is 27.6 Å². The summed E-state index contributed by atoms with van der Waals surface area (Å²) in [6, 6.07) is 1.44. The van der Waals surface area contributed by atoms with E-state index in [4.69, 9.17) is 10.8 Å². The second-order valence-corrected chi connectivity index (χ2v) is 2.75. The van der Waals surface area contributed by atoms with E-state index in [1.807, 2.05) is 0 Å². The number of aliphatic hydroxyl groups excluding tert-OH is 1. The van der Waals surface area contributed by atoms with E-state index in [0.717, 1.165) is 0 Å².